The van der Waals surface area contributed by atoms with Crippen molar-refractivity contribution in [3.63, 3.8) is 0 Å². The Kier molecular flexibility index (Phi) is 13.3. The highest BCUT2D eigenvalue weighted by atomic mass is 32.2. The van der Waals surface area contributed by atoms with E-state index in [2.05, 4.69) is 0 Å². The third-order valence-corrected chi connectivity index (χ3v) is 3.82. The molecular weight excluding hydrogens is 393 g/mol. The van der Waals surface area contributed by atoms with E-state index in [4.69, 9.17) is 22.1 Å². The average molecular weight is 412 g/mol. The van der Waals surface area contributed by atoms with E-state index in [-0.39, 0.29) is 11.5 Å². The quantitative estimate of drug-likeness (QED) is 0.446. The Hall–Kier alpha value is -0.480. The minimum absolute atomic E-state index is 0.108. The highest BCUT2D eigenvalue weighted by molar-refractivity contribution is 7.86. The Morgan fingerprint density at radius 2 is 1.04 bits per heavy atom. The zero-order valence-electron chi connectivity index (χ0n) is 12.2. The maximum absolute atomic E-state index is 10.7. The SMILES string of the molecule is CCCCS(=O)(=O)O.CCCS(=O)(=O)O.O=S(=O)(O)C(F)(F)F. The predicted molar refractivity (Wildman–Crippen MR) is 75.6 cm³/mol. The van der Waals surface area contributed by atoms with Gasteiger partial charge in [0.05, 0.1) is 11.5 Å². The fourth-order valence-electron chi connectivity index (χ4n) is 0.585. The normalized spacial score (nSPS) is 12.5. The summed E-state index contributed by atoms with van der Waals surface area (Å²) in [5.74, 6) is -0.240. The number of rotatable bonds is 5. The van der Waals surface area contributed by atoms with Crippen LogP contribution in [0.25, 0.3) is 0 Å². The van der Waals surface area contributed by atoms with E-state index < -0.39 is 35.9 Å². The molecule has 0 aromatic carbocycles. The van der Waals surface area contributed by atoms with Crippen LogP contribution in [0, 0.1) is 0 Å². The molecule has 0 heterocycles. The van der Waals surface area contributed by atoms with Crippen LogP contribution in [0.15, 0.2) is 0 Å². The van der Waals surface area contributed by atoms with Gasteiger partial charge >= 0.3 is 15.6 Å². The Morgan fingerprint density at radius 1 is 0.739 bits per heavy atom. The van der Waals surface area contributed by atoms with Crippen molar-refractivity contribution in [1.82, 2.24) is 0 Å². The molecule has 0 fully saturated rings. The lowest BCUT2D eigenvalue weighted by Gasteiger charge is -1.97. The van der Waals surface area contributed by atoms with Crippen molar-refractivity contribution in [1.29, 1.82) is 0 Å². The van der Waals surface area contributed by atoms with Crippen molar-refractivity contribution in [3.05, 3.63) is 0 Å². The molecule has 0 aliphatic carbocycles. The largest absolute Gasteiger partial charge is 0.522 e. The molecule has 144 valence electrons. The summed E-state index contributed by atoms with van der Waals surface area (Å²) < 4.78 is 113. The molecule has 0 aliphatic rings. The summed E-state index contributed by atoms with van der Waals surface area (Å²) in [5, 5.41) is 0. The monoisotopic (exact) mass is 412 g/mol. The molecule has 0 saturated heterocycles. The fraction of sp³-hybridized carbons (Fsp3) is 1.00. The zero-order valence-corrected chi connectivity index (χ0v) is 14.6. The van der Waals surface area contributed by atoms with Gasteiger partial charge in [-0.25, -0.2) is 0 Å². The van der Waals surface area contributed by atoms with Crippen LogP contribution in [-0.4, -0.2) is 55.9 Å². The summed E-state index contributed by atoms with van der Waals surface area (Å²) in [6, 6.07) is 0. The number of hydrogen-bond donors (Lipinski definition) is 3. The Bertz CT molecular complexity index is 605. The van der Waals surface area contributed by atoms with Crippen LogP contribution in [0.3, 0.4) is 0 Å². The lowest BCUT2D eigenvalue weighted by atomic mass is 10.4. The van der Waals surface area contributed by atoms with Gasteiger partial charge in [0.2, 0.25) is 0 Å². The molecule has 3 N–H and O–H groups in total. The number of alkyl halides is 3. The summed E-state index contributed by atoms with van der Waals surface area (Å²) in [4.78, 5) is 0. The number of unbranched alkanes of at least 4 members (excludes halogenated alkanes) is 1. The van der Waals surface area contributed by atoms with Crippen molar-refractivity contribution < 1.29 is 52.1 Å². The molecule has 0 amide bonds. The van der Waals surface area contributed by atoms with Gasteiger partial charge in [0.1, 0.15) is 0 Å². The van der Waals surface area contributed by atoms with Crippen molar-refractivity contribution in [3.8, 4) is 0 Å². The van der Waals surface area contributed by atoms with E-state index in [0.717, 1.165) is 6.42 Å². The summed E-state index contributed by atoms with van der Waals surface area (Å²) in [6.07, 6.45) is 1.80. The second kappa shape index (κ2) is 11.1. The van der Waals surface area contributed by atoms with Gasteiger partial charge in [-0.1, -0.05) is 20.3 Å². The van der Waals surface area contributed by atoms with Gasteiger partial charge in [-0.3, -0.25) is 13.7 Å². The molecule has 0 aliphatic heterocycles. The van der Waals surface area contributed by atoms with E-state index in [1.165, 1.54) is 0 Å². The molecular formula is C8H19F3O9S3. The lowest BCUT2D eigenvalue weighted by Crippen LogP contribution is -2.21. The van der Waals surface area contributed by atoms with Crippen molar-refractivity contribution >= 4 is 30.4 Å². The van der Waals surface area contributed by atoms with Crippen LogP contribution in [0.2, 0.25) is 0 Å². The van der Waals surface area contributed by atoms with Gasteiger partial charge in [-0.2, -0.15) is 38.4 Å². The van der Waals surface area contributed by atoms with Crippen molar-refractivity contribution in [2.45, 2.75) is 38.6 Å². The third-order valence-electron chi connectivity index (χ3n) is 1.51. The molecule has 0 aromatic heterocycles. The molecule has 0 rings (SSSR count). The minimum atomic E-state index is -5.84. The molecule has 9 nitrogen and oxygen atoms in total. The first kappa shape index (κ1) is 27.4. The molecule has 15 heteroatoms. The predicted octanol–water partition coefficient (Wildman–Crippen LogP) is 1.35. The van der Waals surface area contributed by atoms with E-state index >= 15 is 0 Å². The van der Waals surface area contributed by atoms with Crippen molar-refractivity contribution in [2.24, 2.45) is 0 Å². The van der Waals surface area contributed by atoms with Crippen LogP contribution in [0.4, 0.5) is 13.2 Å². The van der Waals surface area contributed by atoms with E-state index in [1.807, 2.05) is 6.92 Å². The van der Waals surface area contributed by atoms with Crippen LogP contribution in [0.1, 0.15) is 33.1 Å². The summed E-state index contributed by atoms with van der Waals surface area (Å²) in [7, 11) is -13.2. The second-order valence-electron chi connectivity index (χ2n) is 3.85. The smallest absolute Gasteiger partial charge is 0.286 e. The molecule has 0 bridgehead atoms. The fourth-order valence-corrected chi connectivity index (χ4v) is 1.75. The topological polar surface area (TPSA) is 163 Å². The van der Waals surface area contributed by atoms with Gasteiger partial charge < -0.3 is 0 Å². The maximum atomic E-state index is 10.7. The van der Waals surface area contributed by atoms with Gasteiger partial charge in [0.15, 0.2) is 0 Å². The van der Waals surface area contributed by atoms with E-state index in [1.54, 1.807) is 6.92 Å². The maximum Gasteiger partial charge on any atom is 0.522 e. The number of hydrogen-bond acceptors (Lipinski definition) is 6. The molecule has 0 radical (unpaired) electrons. The molecule has 0 atom stereocenters. The Labute approximate surface area is 133 Å². The first-order chi connectivity index (χ1) is 9.87. The Balaban J connectivity index is -0.000000262. The van der Waals surface area contributed by atoms with E-state index in [0.29, 0.717) is 12.8 Å². The zero-order chi connectivity index (χ0) is 19.5. The molecule has 23 heavy (non-hydrogen) atoms. The number of halogens is 3. The highest BCUT2D eigenvalue weighted by Gasteiger charge is 2.44. The first-order valence-corrected chi connectivity index (χ1v) is 10.5. The average Bonchev–Trinajstić information content (AvgIpc) is 2.22. The van der Waals surface area contributed by atoms with Crippen LogP contribution in [0.5, 0.6) is 0 Å². The molecule has 0 spiro atoms. The summed E-state index contributed by atoms with van der Waals surface area (Å²) >= 11 is 0. The van der Waals surface area contributed by atoms with E-state index in [9.17, 15) is 30.0 Å². The molecule has 0 aromatic rings. The van der Waals surface area contributed by atoms with Gasteiger partial charge in [0.25, 0.3) is 20.2 Å². The first-order valence-electron chi connectivity index (χ1n) is 5.81. The molecule has 0 unspecified atom stereocenters. The standard InChI is InChI=1S/C4H10O3S.C3H8O3S.CHF3O3S/c1-2-3-4-8(5,6)7;1-2-3-7(4,5)6;2-1(3,4)8(5,6)7/h2-4H2,1H3,(H,5,6,7);2-3H2,1H3,(H,4,5,6);(H,5,6,7). The Morgan fingerprint density at radius 3 is 1.09 bits per heavy atom. The van der Waals surface area contributed by atoms with Gasteiger partial charge in [-0.15, -0.1) is 0 Å². The molecule has 0 saturated carbocycles. The van der Waals surface area contributed by atoms with Crippen LogP contribution >= 0.6 is 0 Å². The van der Waals surface area contributed by atoms with Gasteiger partial charge in [-0.05, 0) is 12.8 Å². The second-order valence-corrected chi connectivity index (χ2v) is 8.40. The lowest BCUT2D eigenvalue weighted by molar-refractivity contribution is -0.0510. The van der Waals surface area contributed by atoms with Gasteiger partial charge in [0, 0.05) is 0 Å². The van der Waals surface area contributed by atoms with Crippen LogP contribution < -0.4 is 0 Å². The van der Waals surface area contributed by atoms with Crippen molar-refractivity contribution in [2.75, 3.05) is 11.5 Å². The summed E-state index contributed by atoms with van der Waals surface area (Å²) in [6.45, 7) is 3.55. The summed E-state index contributed by atoms with van der Waals surface area (Å²) in [5.41, 5.74) is -5.53. The highest BCUT2D eigenvalue weighted by Crippen LogP contribution is 2.20. The third kappa shape index (κ3) is 26.7. The van der Waals surface area contributed by atoms with Crippen LogP contribution in [-0.2, 0) is 30.4 Å². The minimum Gasteiger partial charge on any atom is -0.286 e.